The highest BCUT2D eigenvalue weighted by atomic mass is 35.5. The summed E-state index contributed by atoms with van der Waals surface area (Å²) < 4.78 is 37.2. The predicted octanol–water partition coefficient (Wildman–Crippen LogP) is 6.23. The Labute approximate surface area is 250 Å². The molecule has 2 heterocycles. The van der Waals surface area contributed by atoms with E-state index < -0.39 is 25.5 Å². The van der Waals surface area contributed by atoms with Gasteiger partial charge in [0.25, 0.3) is 0 Å². The maximum atomic E-state index is 13.9. The molecule has 1 saturated carbocycles. The molecule has 0 amide bonds. The topological polar surface area (TPSA) is 128 Å². The molecule has 2 aromatic heterocycles. The van der Waals surface area contributed by atoms with Crippen LogP contribution in [0.25, 0.3) is 10.9 Å². The van der Waals surface area contributed by atoms with Crippen molar-refractivity contribution < 1.29 is 20.1 Å². The summed E-state index contributed by atoms with van der Waals surface area (Å²) in [6.07, 6.45) is 4.87. The molecule has 220 valence electrons. The van der Waals surface area contributed by atoms with Crippen LogP contribution < -0.4 is 4.90 Å². The van der Waals surface area contributed by atoms with E-state index in [4.69, 9.17) is 11.6 Å². The number of aromatic nitrogens is 4. The first-order valence-electron chi connectivity index (χ1n) is 14.2. The second kappa shape index (κ2) is 11.7. The second-order valence-electron chi connectivity index (χ2n) is 12.0. The summed E-state index contributed by atoms with van der Waals surface area (Å²) in [5.41, 5.74) is 2.41. The Morgan fingerprint density at radius 3 is 2.62 bits per heavy atom. The molecule has 0 aliphatic heterocycles. The van der Waals surface area contributed by atoms with Crippen LogP contribution in [-0.2, 0) is 11.0 Å². The number of pyridine rings is 1. The smallest absolute Gasteiger partial charge is 0.327 e. The molecule has 2 aromatic carbocycles. The van der Waals surface area contributed by atoms with E-state index in [9.17, 15) is 25.4 Å². The summed E-state index contributed by atoms with van der Waals surface area (Å²) >= 11 is 6.78. The lowest BCUT2D eigenvalue weighted by Gasteiger charge is -2.33. The fraction of sp³-hybridized carbons (Fsp3) is 0.400. The van der Waals surface area contributed by atoms with Crippen LogP contribution >= 0.6 is 19.2 Å². The lowest BCUT2D eigenvalue weighted by molar-refractivity contribution is 0.369. The van der Waals surface area contributed by atoms with Gasteiger partial charge in [0.1, 0.15) is 11.9 Å². The van der Waals surface area contributed by atoms with Crippen molar-refractivity contribution in [1.82, 2.24) is 20.0 Å². The summed E-state index contributed by atoms with van der Waals surface area (Å²) in [5.74, 6) is -1.88. The molecular weight excluding hydrogens is 578 g/mol. The molecule has 1 atom stereocenters. The number of nitriles is 1. The molecule has 5 rings (SSSR count). The monoisotopic (exact) mass is 611 g/mol. The number of hydrogen-bond donors (Lipinski definition) is 2. The van der Waals surface area contributed by atoms with Gasteiger partial charge in [-0.2, -0.15) is 5.26 Å². The molecular formula is C30H33ClFN6O3P. The third kappa shape index (κ3) is 7.16. The third-order valence-corrected chi connectivity index (χ3v) is 8.10. The molecule has 0 saturated heterocycles. The van der Waals surface area contributed by atoms with E-state index in [1.54, 1.807) is 34.0 Å². The molecule has 2 N–H and O–H groups in total. The summed E-state index contributed by atoms with van der Waals surface area (Å²) in [7, 11) is -4.34. The van der Waals surface area contributed by atoms with Crippen LogP contribution in [0.1, 0.15) is 69.3 Å². The second-order valence-corrected chi connectivity index (χ2v) is 14.1. The standard InChI is InChI=1S/C30H33ClFN6O3P/c1-30(2,3)18-37(10-11-42(39,40)41)29-21(15-33)16-34-28-25(29)13-19(14-26(28)31)12-24(20-4-6-22(32)7-5-20)27-17-38(36-35-27)23-8-9-23/h4-7,13-14,16-17,23-24H,8-12,18H2,1-3H3,(H2,39,40,41)/t24-/m1/s1/i24D. The van der Waals surface area contributed by atoms with Gasteiger partial charge in [0, 0.05) is 38.1 Å². The zero-order valence-electron chi connectivity index (χ0n) is 24.6. The Morgan fingerprint density at radius 2 is 2.00 bits per heavy atom. The van der Waals surface area contributed by atoms with Crippen LogP contribution in [0.5, 0.6) is 0 Å². The van der Waals surface area contributed by atoms with Crippen molar-refractivity contribution in [2.45, 2.75) is 52.0 Å². The summed E-state index contributed by atoms with van der Waals surface area (Å²) in [5, 5.41) is 19.5. The van der Waals surface area contributed by atoms with Crippen molar-refractivity contribution in [2.75, 3.05) is 24.2 Å². The van der Waals surface area contributed by atoms with E-state index in [0.29, 0.717) is 45.0 Å². The van der Waals surface area contributed by atoms with Gasteiger partial charge in [0.05, 0.1) is 39.7 Å². The van der Waals surface area contributed by atoms with Gasteiger partial charge in [0.2, 0.25) is 0 Å². The summed E-state index contributed by atoms with van der Waals surface area (Å²) in [6, 6.07) is 11.7. The minimum absolute atomic E-state index is 0.000575. The summed E-state index contributed by atoms with van der Waals surface area (Å²) in [4.78, 5) is 25.6. The quantitative estimate of drug-likeness (QED) is 0.202. The maximum Gasteiger partial charge on any atom is 0.327 e. The summed E-state index contributed by atoms with van der Waals surface area (Å²) in [6.45, 7) is 6.38. The average molecular weight is 612 g/mol. The minimum atomic E-state index is -4.34. The van der Waals surface area contributed by atoms with Gasteiger partial charge >= 0.3 is 7.60 Å². The Bertz CT molecular complexity index is 1750. The van der Waals surface area contributed by atoms with E-state index in [-0.39, 0.29) is 30.0 Å². The molecule has 1 aliphatic carbocycles. The molecule has 1 aliphatic rings. The van der Waals surface area contributed by atoms with Crippen molar-refractivity contribution in [1.29, 1.82) is 5.26 Å². The van der Waals surface area contributed by atoms with Crippen molar-refractivity contribution in [3.8, 4) is 6.07 Å². The lowest BCUT2D eigenvalue weighted by Crippen LogP contribution is -2.35. The maximum absolute atomic E-state index is 13.9. The van der Waals surface area contributed by atoms with Crippen molar-refractivity contribution in [2.24, 2.45) is 5.41 Å². The van der Waals surface area contributed by atoms with Crippen LogP contribution in [-0.4, -0.2) is 49.0 Å². The predicted molar refractivity (Wildman–Crippen MR) is 160 cm³/mol. The van der Waals surface area contributed by atoms with Gasteiger partial charge in [-0.05, 0) is 60.1 Å². The number of hydrogen-bond acceptors (Lipinski definition) is 6. The van der Waals surface area contributed by atoms with E-state index in [2.05, 4.69) is 21.4 Å². The first-order valence-corrected chi connectivity index (χ1v) is 15.8. The van der Waals surface area contributed by atoms with Gasteiger partial charge < -0.3 is 14.7 Å². The zero-order valence-corrected chi connectivity index (χ0v) is 25.3. The fourth-order valence-corrected chi connectivity index (χ4v) is 5.84. The molecule has 4 aromatic rings. The number of anilines is 1. The van der Waals surface area contributed by atoms with Gasteiger partial charge in [-0.15, -0.1) is 5.10 Å². The fourth-order valence-electron chi connectivity index (χ4n) is 5.05. The lowest BCUT2D eigenvalue weighted by atomic mass is 9.88. The Hall–Kier alpha value is -3.35. The van der Waals surface area contributed by atoms with E-state index in [1.165, 1.54) is 18.3 Å². The van der Waals surface area contributed by atoms with Crippen LogP contribution in [0.2, 0.25) is 5.02 Å². The van der Waals surface area contributed by atoms with Crippen LogP contribution in [0.15, 0.2) is 48.8 Å². The van der Waals surface area contributed by atoms with Gasteiger partial charge in [-0.25, -0.2) is 9.07 Å². The number of rotatable bonds is 10. The Morgan fingerprint density at radius 1 is 1.29 bits per heavy atom. The number of nitrogens with zero attached hydrogens (tertiary/aromatic N) is 6. The molecule has 1 fully saturated rings. The van der Waals surface area contributed by atoms with Gasteiger partial charge in [0.15, 0.2) is 0 Å². The average Bonchev–Trinajstić information content (AvgIpc) is 3.65. The molecule has 0 spiro atoms. The Kier molecular flexibility index (Phi) is 8.03. The molecule has 9 nitrogen and oxygen atoms in total. The SMILES string of the molecule is [2H][C@@](Cc1cc(Cl)c2ncc(C#N)c(N(CCP(=O)(O)O)CC(C)(C)C)c2c1)(c1ccc(F)cc1)c1cn(C2CC2)nn1. The van der Waals surface area contributed by atoms with Crippen LogP contribution in [0.4, 0.5) is 10.1 Å². The highest BCUT2D eigenvalue weighted by Crippen LogP contribution is 2.40. The van der Waals surface area contributed by atoms with Crippen molar-refractivity contribution in [3.05, 3.63) is 82.0 Å². The van der Waals surface area contributed by atoms with Gasteiger partial charge in [-0.1, -0.05) is 49.7 Å². The molecule has 12 heteroatoms. The number of halogens is 2. The molecule has 0 bridgehead atoms. The van der Waals surface area contributed by atoms with Crippen LogP contribution in [0.3, 0.4) is 0 Å². The first-order chi connectivity index (χ1) is 20.2. The zero-order chi connectivity index (χ0) is 31.2. The minimum Gasteiger partial charge on any atom is -0.369 e. The van der Waals surface area contributed by atoms with E-state index in [0.717, 1.165) is 12.8 Å². The Balaban J connectivity index is 1.66. The highest BCUT2D eigenvalue weighted by molar-refractivity contribution is 7.51. The van der Waals surface area contributed by atoms with E-state index >= 15 is 0 Å². The van der Waals surface area contributed by atoms with Gasteiger partial charge in [-0.3, -0.25) is 9.55 Å². The molecule has 0 radical (unpaired) electrons. The largest absolute Gasteiger partial charge is 0.369 e. The van der Waals surface area contributed by atoms with Crippen molar-refractivity contribution in [3.63, 3.8) is 0 Å². The van der Waals surface area contributed by atoms with Crippen molar-refractivity contribution >= 4 is 35.8 Å². The third-order valence-electron chi connectivity index (χ3n) is 7.03. The molecule has 42 heavy (non-hydrogen) atoms. The van der Waals surface area contributed by atoms with Crippen LogP contribution in [0, 0.1) is 22.6 Å². The molecule has 0 unspecified atom stereocenters. The number of benzene rings is 2. The van der Waals surface area contributed by atoms with E-state index in [1.807, 2.05) is 26.8 Å². The number of fused-ring (bicyclic) bond motifs is 1. The first kappa shape index (κ1) is 28.8. The highest BCUT2D eigenvalue weighted by Gasteiger charge is 2.28. The normalized spacial score (nSPS) is 15.7.